The number of nitrogens with zero attached hydrogens (tertiary/aromatic N) is 2. The molecule has 0 aliphatic rings. The summed E-state index contributed by atoms with van der Waals surface area (Å²) in [6.07, 6.45) is 1.27. The minimum atomic E-state index is -0.298. The number of carbonyl (C=O) groups is 1. The van der Waals surface area contributed by atoms with Gasteiger partial charge in [0, 0.05) is 16.9 Å². The molecule has 1 aromatic heterocycles. The number of aromatic nitrogens is 2. The molecule has 0 unspecified atom stereocenters. The molecule has 0 saturated heterocycles. The van der Waals surface area contributed by atoms with Gasteiger partial charge in [0.1, 0.15) is 0 Å². The van der Waals surface area contributed by atoms with Crippen molar-refractivity contribution < 1.29 is 9.32 Å². The lowest BCUT2D eigenvalue weighted by atomic mass is 10.2. The second kappa shape index (κ2) is 5.87. The van der Waals surface area contributed by atoms with Gasteiger partial charge in [-0.15, -0.1) is 0 Å². The van der Waals surface area contributed by atoms with E-state index in [1.807, 2.05) is 42.5 Å². The van der Waals surface area contributed by atoms with Crippen LogP contribution in [-0.2, 0) is 0 Å². The monoisotopic (exact) mass is 280 g/mol. The largest absolute Gasteiger partial charge is 0.342 e. The van der Waals surface area contributed by atoms with Gasteiger partial charge in [-0.2, -0.15) is 4.98 Å². The molecular formula is C15H12N4O2. The molecular weight excluding hydrogens is 268 g/mol. The van der Waals surface area contributed by atoms with E-state index in [1.54, 1.807) is 12.1 Å². The lowest BCUT2D eigenvalue weighted by Gasteiger charge is -2.07. The Morgan fingerprint density at radius 2 is 1.57 bits per heavy atom. The van der Waals surface area contributed by atoms with Gasteiger partial charge < -0.3 is 15.2 Å². The van der Waals surface area contributed by atoms with Gasteiger partial charge in [-0.25, -0.2) is 4.79 Å². The van der Waals surface area contributed by atoms with Crippen molar-refractivity contribution in [2.45, 2.75) is 0 Å². The number of anilines is 2. The summed E-state index contributed by atoms with van der Waals surface area (Å²) in [6.45, 7) is 0. The van der Waals surface area contributed by atoms with Crippen LogP contribution in [0, 0.1) is 0 Å². The second-order valence-electron chi connectivity index (χ2n) is 4.28. The van der Waals surface area contributed by atoms with Crippen molar-refractivity contribution in [3.05, 3.63) is 61.0 Å². The summed E-state index contributed by atoms with van der Waals surface area (Å²) in [7, 11) is 0. The van der Waals surface area contributed by atoms with Crippen LogP contribution in [-0.4, -0.2) is 16.2 Å². The zero-order chi connectivity index (χ0) is 14.5. The normalized spacial score (nSPS) is 10.1. The molecule has 0 aliphatic carbocycles. The van der Waals surface area contributed by atoms with E-state index < -0.39 is 0 Å². The van der Waals surface area contributed by atoms with Crippen LogP contribution in [0.4, 0.5) is 16.2 Å². The van der Waals surface area contributed by atoms with Crippen LogP contribution in [0.2, 0.25) is 0 Å². The first-order valence-electron chi connectivity index (χ1n) is 6.31. The predicted molar refractivity (Wildman–Crippen MR) is 78.8 cm³/mol. The molecule has 104 valence electrons. The zero-order valence-corrected chi connectivity index (χ0v) is 11.0. The van der Waals surface area contributed by atoms with Crippen LogP contribution in [0.3, 0.4) is 0 Å². The maximum absolute atomic E-state index is 11.8. The molecule has 0 bridgehead atoms. The fourth-order valence-corrected chi connectivity index (χ4v) is 1.82. The van der Waals surface area contributed by atoms with Crippen LogP contribution >= 0.6 is 0 Å². The molecule has 0 radical (unpaired) electrons. The lowest BCUT2D eigenvalue weighted by Crippen LogP contribution is -2.19. The second-order valence-corrected chi connectivity index (χ2v) is 4.28. The summed E-state index contributed by atoms with van der Waals surface area (Å²) in [5.41, 5.74) is 2.23. The first-order valence-corrected chi connectivity index (χ1v) is 6.31. The number of rotatable bonds is 3. The Labute approximate surface area is 120 Å². The van der Waals surface area contributed by atoms with Crippen molar-refractivity contribution in [3.63, 3.8) is 0 Å². The van der Waals surface area contributed by atoms with Gasteiger partial charge in [-0.1, -0.05) is 23.4 Å². The Morgan fingerprint density at radius 3 is 2.19 bits per heavy atom. The fraction of sp³-hybridized carbons (Fsp3) is 0. The third kappa shape index (κ3) is 3.24. The van der Waals surface area contributed by atoms with E-state index in [0.29, 0.717) is 11.5 Å². The number of hydrogen-bond donors (Lipinski definition) is 2. The molecule has 0 aliphatic heterocycles. The number of benzene rings is 2. The number of nitrogens with one attached hydrogen (secondary N) is 2. The van der Waals surface area contributed by atoms with Crippen LogP contribution in [0.1, 0.15) is 0 Å². The van der Waals surface area contributed by atoms with Crippen LogP contribution in [0.15, 0.2) is 65.5 Å². The molecule has 3 aromatic rings. The SMILES string of the molecule is O=C(Nc1ccccc1)Nc1ccc(-c2ncon2)cc1. The summed E-state index contributed by atoms with van der Waals surface area (Å²) in [5, 5.41) is 9.24. The van der Waals surface area contributed by atoms with E-state index in [4.69, 9.17) is 0 Å². The topological polar surface area (TPSA) is 80.0 Å². The predicted octanol–water partition coefficient (Wildman–Crippen LogP) is 3.38. The Kier molecular flexibility index (Phi) is 3.60. The summed E-state index contributed by atoms with van der Waals surface area (Å²) in [6, 6.07) is 16.1. The highest BCUT2D eigenvalue weighted by Crippen LogP contribution is 2.17. The summed E-state index contributed by atoms with van der Waals surface area (Å²) in [5.74, 6) is 0.510. The molecule has 0 atom stereocenters. The van der Waals surface area contributed by atoms with Crippen molar-refractivity contribution in [2.75, 3.05) is 10.6 Å². The van der Waals surface area contributed by atoms with Crippen LogP contribution < -0.4 is 10.6 Å². The van der Waals surface area contributed by atoms with Gasteiger partial charge in [0.15, 0.2) is 0 Å². The van der Waals surface area contributed by atoms with Gasteiger partial charge in [-0.05, 0) is 36.4 Å². The zero-order valence-electron chi connectivity index (χ0n) is 11.0. The van der Waals surface area contributed by atoms with Gasteiger partial charge in [0.2, 0.25) is 12.2 Å². The molecule has 0 saturated carbocycles. The van der Waals surface area contributed by atoms with E-state index in [-0.39, 0.29) is 6.03 Å². The first-order chi connectivity index (χ1) is 10.3. The number of carbonyl (C=O) groups excluding carboxylic acids is 1. The Hall–Kier alpha value is -3.15. The average Bonchev–Trinajstić information content (AvgIpc) is 3.03. The molecule has 0 spiro atoms. The quantitative estimate of drug-likeness (QED) is 0.770. The molecule has 1 heterocycles. The minimum Gasteiger partial charge on any atom is -0.342 e. The highest BCUT2D eigenvalue weighted by molar-refractivity contribution is 5.99. The molecule has 2 amide bonds. The molecule has 6 heteroatoms. The van der Waals surface area contributed by atoms with Crippen molar-refractivity contribution in [1.82, 2.24) is 10.1 Å². The lowest BCUT2D eigenvalue weighted by molar-refractivity contribution is 0.262. The summed E-state index contributed by atoms with van der Waals surface area (Å²) >= 11 is 0. The molecule has 3 rings (SSSR count). The number of hydrogen-bond acceptors (Lipinski definition) is 4. The first kappa shape index (κ1) is 12.9. The summed E-state index contributed by atoms with van der Waals surface area (Å²) in [4.78, 5) is 15.8. The average molecular weight is 280 g/mol. The third-order valence-corrected chi connectivity index (χ3v) is 2.79. The standard InChI is InChI=1S/C15H12N4O2/c20-15(17-12-4-2-1-3-5-12)18-13-8-6-11(7-9-13)14-16-10-21-19-14/h1-10H,(H2,17,18,20). The highest BCUT2D eigenvalue weighted by Gasteiger charge is 2.05. The Balaban J connectivity index is 1.64. The van der Waals surface area contributed by atoms with Gasteiger partial charge in [-0.3, -0.25) is 0 Å². The van der Waals surface area contributed by atoms with Crippen molar-refractivity contribution in [1.29, 1.82) is 0 Å². The number of amides is 2. The molecule has 21 heavy (non-hydrogen) atoms. The number of para-hydroxylation sites is 1. The van der Waals surface area contributed by atoms with E-state index >= 15 is 0 Å². The highest BCUT2D eigenvalue weighted by atomic mass is 16.5. The Morgan fingerprint density at radius 1 is 0.905 bits per heavy atom. The van der Waals surface area contributed by atoms with E-state index in [1.165, 1.54) is 6.39 Å². The Bertz CT molecular complexity index is 709. The van der Waals surface area contributed by atoms with Gasteiger partial charge in [0.05, 0.1) is 0 Å². The van der Waals surface area contributed by atoms with Crippen molar-refractivity contribution in [3.8, 4) is 11.4 Å². The smallest absolute Gasteiger partial charge is 0.323 e. The van der Waals surface area contributed by atoms with Gasteiger partial charge >= 0.3 is 6.03 Å². The third-order valence-electron chi connectivity index (χ3n) is 2.79. The van der Waals surface area contributed by atoms with Crippen molar-refractivity contribution in [2.24, 2.45) is 0 Å². The maximum atomic E-state index is 11.8. The van der Waals surface area contributed by atoms with E-state index in [2.05, 4.69) is 25.3 Å². The summed E-state index contributed by atoms with van der Waals surface area (Å²) < 4.78 is 4.69. The molecule has 6 nitrogen and oxygen atoms in total. The van der Waals surface area contributed by atoms with Crippen LogP contribution in [0.25, 0.3) is 11.4 Å². The molecule has 2 N–H and O–H groups in total. The van der Waals surface area contributed by atoms with E-state index in [9.17, 15) is 4.79 Å². The minimum absolute atomic E-state index is 0.298. The van der Waals surface area contributed by atoms with Crippen LogP contribution in [0.5, 0.6) is 0 Å². The molecule has 2 aromatic carbocycles. The van der Waals surface area contributed by atoms with E-state index in [0.717, 1.165) is 11.3 Å². The fourth-order valence-electron chi connectivity index (χ4n) is 1.82. The maximum Gasteiger partial charge on any atom is 0.323 e. The van der Waals surface area contributed by atoms with Crippen molar-refractivity contribution >= 4 is 17.4 Å². The number of urea groups is 1. The molecule has 0 fully saturated rings. The van der Waals surface area contributed by atoms with Gasteiger partial charge in [0.25, 0.3) is 0 Å².